The zero-order valence-electron chi connectivity index (χ0n) is 9.26. The number of carbonyl (C=O) groups excluding carboxylic acids is 1. The van der Waals surface area contributed by atoms with Crippen molar-refractivity contribution < 1.29 is 4.79 Å². The van der Waals surface area contributed by atoms with Gasteiger partial charge in [0.1, 0.15) is 0 Å². The standard InChI is InChI=1S/C11H14Br2N2O/c1-15(2)11(16)7-14-6-8-3-4-9(12)10(13)5-8/h3-5,14H,6-7H2,1-2H3. The highest BCUT2D eigenvalue weighted by atomic mass is 79.9. The lowest BCUT2D eigenvalue weighted by molar-refractivity contribution is -0.127. The Morgan fingerprint density at radius 3 is 2.56 bits per heavy atom. The van der Waals surface area contributed by atoms with Crippen LogP contribution in [0.25, 0.3) is 0 Å². The summed E-state index contributed by atoms with van der Waals surface area (Å²) < 4.78 is 2.05. The summed E-state index contributed by atoms with van der Waals surface area (Å²) >= 11 is 6.85. The SMILES string of the molecule is CN(C)C(=O)CNCc1ccc(Br)c(Br)c1. The molecule has 1 amide bonds. The molecule has 1 aromatic carbocycles. The van der Waals surface area contributed by atoms with Crippen molar-refractivity contribution in [3.05, 3.63) is 32.7 Å². The van der Waals surface area contributed by atoms with Crippen LogP contribution in [0, 0.1) is 0 Å². The fourth-order valence-electron chi connectivity index (χ4n) is 1.12. The Kier molecular flexibility index (Phi) is 5.44. The van der Waals surface area contributed by atoms with Crippen LogP contribution in [0.3, 0.4) is 0 Å². The minimum atomic E-state index is 0.0798. The van der Waals surface area contributed by atoms with Gasteiger partial charge in [-0.3, -0.25) is 4.79 Å². The Labute approximate surface area is 112 Å². The van der Waals surface area contributed by atoms with Crippen molar-refractivity contribution in [2.24, 2.45) is 0 Å². The maximum atomic E-state index is 11.3. The first kappa shape index (κ1) is 13.7. The second kappa shape index (κ2) is 6.37. The van der Waals surface area contributed by atoms with Gasteiger partial charge in [-0.1, -0.05) is 6.07 Å². The Bertz CT molecular complexity index is 380. The number of hydrogen-bond donors (Lipinski definition) is 1. The smallest absolute Gasteiger partial charge is 0.236 e. The summed E-state index contributed by atoms with van der Waals surface area (Å²) in [5.74, 6) is 0.0798. The van der Waals surface area contributed by atoms with Crippen LogP contribution < -0.4 is 5.32 Å². The summed E-state index contributed by atoms with van der Waals surface area (Å²) in [6, 6.07) is 6.02. The van der Waals surface area contributed by atoms with Gasteiger partial charge in [-0.05, 0) is 49.6 Å². The van der Waals surface area contributed by atoms with Crippen molar-refractivity contribution >= 4 is 37.8 Å². The van der Waals surface area contributed by atoms with Crippen molar-refractivity contribution in [2.45, 2.75) is 6.54 Å². The molecular formula is C11H14Br2N2O. The normalized spacial score (nSPS) is 10.2. The second-order valence-corrected chi connectivity index (χ2v) is 5.35. The Hall–Kier alpha value is -0.390. The Balaban J connectivity index is 2.43. The van der Waals surface area contributed by atoms with E-state index in [1.807, 2.05) is 18.2 Å². The van der Waals surface area contributed by atoms with Crippen LogP contribution >= 0.6 is 31.9 Å². The van der Waals surface area contributed by atoms with Crippen LogP contribution in [0.4, 0.5) is 0 Å². The average Bonchev–Trinajstić information content (AvgIpc) is 2.23. The first-order chi connectivity index (χ1) is 7.50. The van der Waals surface area contributed by atoms with Gasteiger partial charge in [0.25, 0.3) is 0 Å². The number of nitrogens with zero attached hydrogens (tertiary/aromatic N) is 1. The Morgan fingerprint density at radius 2 is 2.00 bits per heavy atom. The predicted octanol–water partition coefficient (Wildman–Crippen LogP) is 2.39. The molecule has 0 spiro atoms. The van der Waals surface area contributed by atoms with Crippen LogP contribution in [0.15, 0.2) is 27.1 Å². The van der Waals surface area contributed by atoms with Crippen LogP contribution in [0.2, 0.25) is 0 Å². The van der Waals surface area contributed by atoms with Crippen LogP contribution in [-0.4, -0.2) is 31.4 Å². The second-order valence-electron chi connectivity index (χ2n) is 3.64. The zero-order chi connectivity index (χ0) is 12.1. The number of rotatable bonds is 4. The molecule has 3 nitrogen and oxygen atoms in total. The van der Waals surface area contributed by atoms with Gasteiger partial charge in [-0.25, -0.2) is 0 Å². The van der Waals surface area contributed by atoms with Crippen LogP contribution in [0.5, 0.6) is 0 Å². The van der Waals surface area contributed by atoms with E-state index in [9.17, 15) is 4.79 Å². The molecule has 0 heterocycles. The van der Waals surface area contributed by atoms with Gasteiger partial charge in [0, 0.05) is 29.6 Å². The molecule has 5 heteroatoms. The quantitative estimate of drug-likeness (QED) is 0.905. The molecule has 0 fully saturated rings. The monoisotopic (exact) mass is 348 g/mol. The summed E-state index contributed by atoms with van der Waals surface area (Å²) in [6.45, 7) is 1.05. The van der Waals surface area contributed by atoms with Crippen LogP contribution in [-0.2, 0) is 11.3 Å². The summed E-state index contributed by atoms with van der Waals surface area (Å²) in [6.07, 6.45) is 0. The van der Waals surface area contributed by atoms with Gasteiger partial charge in [0.2, 0.25) is 5.91 Å². The minimum absolute atomic E-state index is 0.0798. The number of likely N-dealkylation sites (N-methyl/N-ethyl adjacent to an activating group) is 1. The fraction of sp³-hybridized carbons (Fsp3) is 0.364. The fourth-order valence-corrected chi connectivity index (χ4v) is 1.79. The van der Waals surface area contributed by atoms with E-state index in [1.54, 1.807) is 19.0 Å². The minimum Gasteiger partial charge on any atom is -0.348 e. The first-order valence-corrected chi connectivity index (χ1v) is 6.44. The summed E-state index contributed by atoms with van der Waals surface area (Å²) in [4.78, 5) is 12.9. The van der Waals surface area contributed by atoms with E-state index < -0.39 is 0 Å². The lowest BCUT2D eigenvalue weighted by atomic mass is 10.2. The van der Waals surface area contributed by atoms with Crippen LogP contribution in [0.1, 0.15) is 5.56 Å². The third kappa shape index (κ3) is 4.23. The van der Waals surface area contributed by atoms with E-state index in [-0.39, 0.29) is 5.91 Å². The molecule has 0 bridgehead atoms. The Morgan fingerprint density at radius 1 is 1.31 bits per heavy atom. The maximum absolute atomic E-state index is 11.3. The molecular weight excluding hydrogens is 336 g/mol. The van der Waals surface area contributed by atoms with E-state index in [0.29, 0.717) is 13.1 Å². The van der Waals surface area contributed by atoms with Crippen molar-refractivity contribution in [1.29, 1.82) is 0 Å². The van der Waals surface area contributed by atoms with Crippen molar-refractivity contribution in [2.75, 3.05) is 20.6 Å². The molecule has 1 rings (SSSR count). The number of hydrogen-bond acceptors (Lipinski definition) is 2. The molecule has 0 aliphatic heterocycles. The van der Waals surface area contributed by atoms with E-state index >= 15 is 0 Å². The predicted molar refractivity (Wildman–Crippen MR) is 72.2 cm³/mol. The summed E-state index contributed by atoms with van der Waals surface area (Å²) in [5, 5.41) is 3.10. The highest BCUT2D eigenvalue weighted by Crippen LogP contribution is 2.23. The molecule has 0 saturated carbocycles. The topological polar surface area (TPSA) is 32.3 Å². The molecule has 0 aliphatic rings. The van der Waals surface area contributed by atoms with Gasteiger partial charge >= 0.3 is 0 Å². The highest BCUT2D eigenvalue weighted by Gasteiger charge is 2.03. The maximum Gasteiger partial charge on any atom is 0.236 e. The van der Waals surface area contributed by atoms with Crippen molar-refractivity contribution in [1.82, 2.24) is 10.2 Å². The molecule has 88 valence electrons. The number of benzene rings is 1. The zero-order valence-corrected chi connectivity index (χ0v) is 12.4. The number of amides is 1. The highest BCUT2D eigenvalue weighted by molar-refractivity contribution is 9.13. The van der Waals surface area contributed by atoms with Gasteiger partial charge in [0.05, 0.1) is 6.54 Å². The summed E-state index contributed by atoms with van der Waals surface area (Å²) in [5.41, 5.74) is 1.14. The van der Waals surface area contributed by atoms with Gasteiger partial charge in [-0.2, -0.15) is 0 Å². The van der Waals surface area contributed by atoms with E-state index in [1.165, 1.54) is 0 Å². The van der Waals surface area contributed by atoms with Crippen molar-refractivity contribution in [3.8, 4) is 0 Å². The molecule has 0 saturated heterocycles. The third-order valence-corrected chi connectivity index (χ3v) is 3.97. The molecule has 16 heavy (non-hydrogen) atoms. The lowest BCUT2D eigenvalue weighted by Gasteiger charge is -2.11. The molecule has 1 N–H and O–H groups in total. The molecule has 1 aromatic rings. The molecule has 0 unspecified atom stereocenters. The van der Waals surface area contributed by atoms with E-state index in [4.69, 9.17) is 0 Å². The number of halogens is 2. The van der Waals surface area contributed by atoms with Crippen molar-refractivity contribution in [3.63, 3.8) is 0 Å². The number of nitrogens with one attached hydrogen (secondary N) is 1. The van der Waals surface area contributed by atoms with E-state index in [0.717, 1.165) is 14.5 Å². The molecule has 0 aliphatic carbocycles. The molecule has 0 aromatic heterocycles. The van der Waals surface area contributed by atoms with Gasteiger partial charge in [0.15, 0.2) is 0 Å². The molecule has 0 radical (unpaired) electrons. The van der Waals surface area contributed by atoms with E-state index in [2.05, 4.69) is 37.2 Å². The van der Waals surface area contributed by atoms with Gasteiger partial charge in [-0.15, -0.1) is 0 Å². The average molecular weight is 350 g/mol. The first-order valence-electron chi connectivity index (χ1n) is 4.85. The van der Waals surface area contributed by atoms with Gasteiger partial charge < -0.3 is 10.2 Å². The number of carbonyl (C=O) groups is 1. The third-order valence-electron chi connectivity index (χ3n) is 2.09. The largest absolute Gasteiger partial charge is 0.348 e. The summed E-state index contributed by atoms with van der Waals surface area (Å²) in [7, 11) is 3.50. The molecule has 0 atom stereocenters. The lowest BCUT2D eigenvalue weighted by Crippen LogP contribution is -2.32.